The van der Waals surface area contributed by atoms with Crippen molar-refractivity contribution in [3.05, 3.63) is 0 Å². The summed E-state index contributed by atoms with van der Waals surface area (Å²) in [6, 6.07) is -3.94. The molecule has 20 atom stereocenters. The van der Waals surface area contributed by atoms with Crippen LogP contribution in [-0.2, 0) is 101 Å². The average molecular weight is 1210 g/mol. The summed E-state index contributed by atoms with van der Waals surface area (Å²) in [4.78, 5) is 49.0. The second-order valence-electron chi connectivity index (χ2n) is 15.8. The van der Waals surface area contributed by atoms with E-state index in [4.69, 9.17) is 43.6 Å². The van der Waals surface area contributed by atoms with E-state index in [1.807, 2.05) is 5.32 Å². The number of carboxylic acids is 2. The molecule has 76 heavy (non-hydrogen) atoms. The Bertz CT molecular complexity index is 2180. The fourth-order valence-corrected chi connectivity index (χ4v) is 8.62. The van der Waals surface area contributed by atoms with E-state index in [0.717, 1.165) is 13.8 Å². The Balaban J connectivity index is 0. The fraction of sp³-hybridized carbons (Fsp3) is 0.879. The van der Waals surface area contributed by atoms with Crippen molar-refractivity contribution in [1.29, 1.82) is 0 Å². The molecule has 0 spiro atoms. The first-order valence-electron chi connectivity index (χ1n) is 20.6. The van der Waals surface area contributed by atoms with E-state index in [0.29, 0.717) is 25.8 Å². The maximum Gasteiger partial charge on any atom is 1.00 e. The summed E-state index contributed by atoms with van der Waals surface area (Å²) in [7, 11) is -17.4. The number of unbranched alkanes of at least 4 members (excludes halogenated alkanes) is 2. The maximum absolute atomic E-state index is 12.7. The number of rotatable bonds is 24. The molecule has 4 fully saturated rings. The zero-order valence-electron chi connectivity index (χ0n) is 41.6. The van der Waals surface area contributed by atoms with Crippen molar-refractivity contribution in [3.8, 4) is 0 Å². The van der Waals surface area contributed by atoms with Gasteiger partial charge in [-0.2, -0.15) is 0 Å². The Morgan fingerprint density at radius 3 is 1.38 bits per heavy atom. The van der Waals surface area contributed by atoms with Gasteiger partial charge in [-0.05, 0) is 25.8 Å². The molecule has 0 unspecified atom stereocenters. The average Bonchev–Trinajstić information content (AvgIpc) is 3.24. The van der Waals surface area contributed by atoms with E-state index in [-0.39, 0.29) is 154 Å². The molecule has 0 aliphatic carbocycles. The predicted molar refractivity (Wildman–Crippen MR) is 205 cm³/mol. The monoisotopic (exact) mass is 1210 g/mol. The summed E-state index contributed by atoms with van der Waals surface area (Å²) >= 11 is 0. The Hall–Kier alpha value is 1.89. The second kappa shape index (κ2) is 35.4. The molecule has 4 aliphatic rings. The van der Waals surface area contributed by atoms with Crippen molar-refractivity contribution < 1.29 is 297 Å². The van der Waals surface area contributed by atoms with Crippen LogP contribution in [0.4, 0.5) is 0 Å². The van der Waals surface area contributed by atoms with E-state index in [9.17, 15) is 98.9 Å². The van der Waals surface area contributed by atoms with E-state index < -0.39 is 191 Å². The Morgan fingerprint density at radius 2 is 0.947 bits per heavy atom. The van der Waals surface area contributed by atoms with Crippen LogP contribution in [0.2, 0.25) is 0 Å². The summed E-state index contributed by atoms with van der Waals surface area (Å²) in [6.45, 7) is -1.04. The van der Waals surface area contributed by atoms with Gasteiger partial charge in [0.15, 0.2) is 31.3 Å². The number of aliphatic carboxylic acids is 2. The number of carbonyl (C=O) groups excluding carboxylic acids is 4. The molecule has 4 aliphatic heterocycles. The summed E-state index contributed by atoms with van der Waals surface area (Å²) in [5, 5.41) is 94.3. The molecule has 4 saturated heterocycles. The summed E-state index contributed by atoms with van der Waals surface area (Å²) in [6.07, 6.45) is -42.8. The summed E-state index contributed by atoms with van der Waals surface area (Å²) in [5.74, 6) is -6.61. The number of amides is 2. The first-order chi connectivity index (χ1) is 32.8. The van der Waals surface area contributed by atoms with Gasteiger partial charge in [-0.15, -0.1) is 0 Å². The smallest absolute Gasteiger partial charge is 0.726 e. The van der Waals surface area contributed by atoms with Crippen molar-refractivity contribution in [2.75, 3.05) is 26.4 Å². The minimum atomic E-state index is -6.11. The Kier molecular flexibility index (Phi) is 37.2. The zero-order chi connectivity index (χ0) is 53.5. The van der Waals surface area contributed by atoms with Crippen LogP contribution in [-0.4, -0.2) is 242 Å². The van der Waals surface area contributed by atoms with Crippen LogP contribution in [0.3, 0.4) is 0 Å². The number of ether oxygens (including phenoxy) is 8. The SMILES string of the molecule is CC(=O)N[C@H]1[C@@H](O[C@H]2[C@H](O)[C@@H](OS(=O)(=O)[O-])[C@H](O[C@H]3[C@H](O)[C@@H](NC(C)=O)[C@@H](OCCCCCN)O[C@@H]3COS(=O)(=O)[O-])O[C@H]2C(=O)[O-])O[C@H](COS(=O)(=O)[O-])[C@@H](O[C@@H]2O[C@H](C(=O)[O-])[C@@H](O)[C@H](O)[C@H]2O)[C@@H]1O.[Na+].[Na+].[Na+].[Na+].[Na+]. The molecule has 4 heterocycles. The van der Waals surface area contributed by atoms with Crippen molar-refractivity contribution in [1.82, 2.24) is 10.6 Å². The molecule has 0 aromatic rings. The number of hydrogen-bond donors (Lipinski definition) is 9. The Labute approximate surface area is 544 Å². The molecule has 0 saturated carbocycles. The predicted octanol–water partition coefficient (Wildman–Crippen LogP) is -27.3. The number of nitrogens with one attached hydrogen (secondary N) is 2. The molecule has 0 bridgehead atoms. The van der Waals surface area contributed by atoms with Crippen LogP contribution in [0, 0.1) is 0 Å². The van der Waals surface area contributed by atoms with E-state index in [2.05, 4.69) is 17.9 Å². The third-order valence-corrected chi connectivity index (χ3v) is 11.9. The van der Waals surface area contributed by atoms with Gasteiger partial charge < -0.3 is 118 Å². The molecule has 2 amide bonds. The van der Waals surface area contributed by atoms with Gasteiger partial charge in [0.25, 0.3) is 0 Å². The van der Waals surface area contributed by atoms with Gasteiger partial charge in [0.05, 0.1) is 25.2 Å². The van der Waals surface area contributed by atoms with E-state index in [1.165, 1.54) is 0 Å². The number of hydrogen-bond acceptors (Lipinski definition) is 33. The number of carbonyl (C=O) groups is 4. The van der Waals surface area contributed by atoms with Gasteiger partial charge in [-0.25, -0.2) is 25.3 Å². The number of aliphatic hydroxyl groups excluding tert-OH is 6. The van der Waals surface area contributed by atoms with Crippen LogP contribution in [0.5, 0.6) is 0 Å². The van der Waals surface area contributed by atoms with Gasteiger partial charge >= 0.3 is 148 Å². The van der Waals surface area contributed by atoms with Gasteiger partial charge in [0, 0.05) is 20.5 Å². The number of nitrogens with two attached hydrogens (primary N) is 1. The molecule has 0 aromatic carbocycles. The van der Waals surface area contributed by atoms with Crippen LogP contribution in [0.1, 0.15) is 33.1 Å². The number of aliphatic hydroxyl groups is 6. The van der Waals surface area contributed by atoms with Crippen LogP contribution < -0.4 is 174 Å². The van der Waals surface area contributed by atoms with Crippen molar-refractivity contribution in [2.24, 2.45) is 5.73 Å². The first kappa shape index (κ1) is 80.0. The van der Waals surface area contributed by atoms with Crippen LogP contribution >= 0.6 is 0 Å². The topological polar surface area (TPSA) is 559 Å². The summed E-state index contributed by atoms with van der Waals surface area (Å²) < 4.78 is 162. The second-order valence-corrected chi connectivity index (χ2v) is 19.0. The van der Waals surface area contributed by atoms with Crippen LogP contribution in [0.25, 0.3) is 0 Å². The molecule has 0 aromatic heterocycles. The Morgan fingerprint density at radius 1 is 0.513 bits per heavy atom. The first-order valence-corrected chi connectivity index (χ1v) is 24.6. The fourth-order valence-electron chi connectivity index (χ4n) is 7.54. The quantitative estimate of drug-likeness (QED) is 0.0188. The summed E-state index contributed by atoms with van der Waals surface area (Å²) in [5.41, 5.74) is 5.48. The molecular formula is C33H50N3Na5O32S3. The van der Waals surface area contributed by atoms with Crippen LogP contribution in [0.15, 0.2) is 0 Å². The number of carboxylic acid groups (broad SMARTS) is 2. The zero-order valence-corrected chi connectivity index (χ0v) is 54.0. The standard InChI is InChI=1S/C33H55N3O32S3.5Na/c1-10(37)35-14-16(39)23(12(8-59-69(49,50)51)61-30(14)58-7-5-3-4-6-34)64-33-26(68-71(55,56)57)21(44)24(27(67-33)29(47)48)65-31-15(36-11(2)38)17(40)22(13(62-31)9-60-70(52,53)54)63-32-20(43)18(41)19(42)25(66-32)28(45)46;;;;;/h12-27,30-33,39-44H,3-9,34H2,1-2H3,(H,35,37)(H,36,38)(H,45,46)(H,47,48)(H,49,50,51)(H,52,53,54)(H,55,56,57);;;;;/q;5*+1/p-5/t12-,13-,14-,15-,16-,17-,18+,19+,20-,21+,22-,23-,24+,25+,26-,27-,30+,31-,32-,33-;;;;;/m1...../s1. The van der Waals surface area contributed by atoms with E-state index in [1.54, 1.807) is 0 Å². The third kappa shape index (κ3) is 23.7. The maximum atomic E-state index is 12.7. The van der Waals surface area contributed by atoms with E-state index >= 15 is 0 Å². The molecule has 412 valence electrons. The minimum Gasteiger partial charge on any atom is -0.726 e. The molecule has 0 radical (unpaired) electrons. The normalized spacial score (nSPS) is 35.7. The van der Waals surface area contributed by atoms with Gasteiger partial charge in [-0.1, -0.05) is 0 Å². The largest absolute Gasteiger partial charge is 1.00 e. The van der Waals surface area contributed by atoms with Crippen molar-refractivity contribution in [2.45, 2.75) is 156 Å². The van der Waals surface area contributed by atoms with Crippen molar-refractivity contribution >= 4 is 54.9 Å². The van der Waals surface area contributed by atoms with Crippen molar-refractivity contribution in [3.63, 3.8) is 0 Å². The third-order valence-electron chi connectivity index (χ3n) is 10.6. The molecule has 43 heteroatoms. The molecular weight excluding hydrogens is 1160 g/mol. The van der Waals surface area contributed by atoms with Gasteiger partial charge in [0.2, 0.25) is 43.0 Å². The molecule has 10 N–H and O–H groups in total. The molecule has 35 nitrogen and oxygen atoms in total. The van der Waals surface area contributed by atoms with Gasteiger partial charge in [-0.3, -0.25) is 22.1 Å². The van der Waals surface area contributed by atoms with Gasteiger partial charge in [0.1, 0.15) is 91.4 Å². The minimum absolute atomic E-state index is 0. The molecule has 4 rings (SSSR count).